The van der Waals surface area contributed by atoms with Crippen molar-refractivity contribution in [1.29, 1.82) is 0 Å². The number of allylic oxidation sites excluding steroid dienone is 3. The minimum absolute atomic E-state index is 0.0141. The molecule has 4 aliphatic carbocycles. The molecule has 0 amide bonds. The second kappa shape index (κ2) is 8.88. The number of nitrogens with one attached hydrogen (secondary N) is 2. The number of hydrogen-bond acceptors (Lipinski definition) is 9. The molecule has 0 saturated carbocycles. The number of benzene rings is 1. The molecule has 1 heterocycles. The first-order valence-electron chi connectivity index (χ1n) is 13.1. The fraction of sp³-hybridized carbons (Fsp3) is 0.194. The van der Waals surface area contributed by atoms with E-state index in [9.17, 15) is 39.3 Å². The Bertz CT molecular complexity index is 2380. The highest BCUT2D eigenvalue weighted by Crippen LogP contribution is 2.54. The summed E-state index contributed by atoms with van der Waals surface area (Å²) in [5.74, 6) is -1.95. The Morgan fingerprint density at radius 2 is 1.59 bits per heavy atom. The number of hydrogen-bond donors (Lipinski definition) is 5. The average Bonchev–Trinajstić information content (AvgIpc) is 3.42. The van der Waals surface area contributed by atoms with Gasteiger partial charge in [0.15, 0.2) is 5.43 Å². The first-order valence-corrected chi connectivity index (χ1v) is 13.1. The van der Waals surface area contributed by atoms with Crippen LogP contribution in [0.4, 0.5) is 5.69 Å². The number of phenolic OH excluding ortho intramolecular Hbond substituents is 1. The van der Waals surface area contributed by atoms with E-state index in [2.05, 4.69) is 10.3 Å². The Kier molecular flexibility index (Phi) is 5.63. The van der Waals surface area contributed by atoms with Gasteiger partial charge in [0.05, 0.1) is 31.9 Å². The van der Waals surface area contributed by atoms with Crippen LogP contribution in [0.25, 0.3) is 28.4 Å². The van der Waals surface area contributed by atoms with Crippen LogP contribution in [0.1, 0.15) is 37.1 Å². The molecule has 1 spiro atoms. The van der Waals surface area contributed by atoms with Crippen LogP contribution < -0.4 is 43.0 Å². The lowest BCUT2D eigenvalue weighted by atomic mass is 9.78. The first kappa shape index (κ1) is 26.0. The number of aromatic nitrogens is 1. The molecule has 1 aromatic carbocycles. The summed E-state index contributed by atoms with van der Waals surface area (Å²) >= 11 is 0. The van der Waals surface area contributed by atoms with Crippen LogP contribution in [0.3, 0.4) is 0 Å². The van der Waals surface area contributed by atoms with Crippen molar-refractivity contribution in [3.63, 3.8) is 0 Å². The first-order chi connectivity index (χ1) is 19.6. The predicted octanol–water partition coefficient (Wildman–Crippen LogP) is 0.526. The van der Waals surface area contributed by atoms with E-state index in [4.69, 9.17) is 0 Å². The number of phenols is 1. The molecule has 0 saturated heterocycles. The van der Waals surface area contributed by atoms with Gasteiger partial charge >= 0.3 is 0 Å². The minimum Gasteiger partial charge on any atom is -0.510 e. The van der Waals surface area contributed by atoms with Crippen molar-refractivity contribution in [2.45, 2.75) is 32.1 Å². The predicted molar refractivity (Wildman–Crippen MR) is 155 cm³/mol. The molecular weight excluding hydrogens is 528 g/mol. The van der Waals surface area contributed by atoms with Crippen molar-refractivity contribution in [1.82, 2.24) is 4.98 Å². The van der Waals surface area contributed by atoms with E-state index in [1.165, 1.54) is 0 Å². The van der Waals surface area contributed by atoms with Gasteiger partial charge in [-0.1, -0.05) is 24.3 Å². The Morgan fingerprint density at radius 3 is 2.24 bits per heavy atom. The maximum Gasteiger partial charge on any atom is 0.260 e. The molecule has 1 aromatic heterocycles. The number of aliphatic hydroxyl groups is 2. The van der Waals surface area contributed by atoms with Crippen LogP contribution in [-0.4, -0.2) is 26.8 Å². The highest BCUT2D eigenvalue weighted by Gasteiger charge is 2.53. The van der Waals surface area contributed by atoms with Crippen molar-refractivity contribution < 1.29 is 15.3 Å². The van der Waals surface area contributed by atoms with Crippen molar-refractivity contribution >= 4 is 34.1 Å². The van der Waals surface area contributed by atoms with Gasteiger partial charge in [-0.3, -0.25) is 24.0 Å². The lowest BCUT2D eigenvalue weighted by Crippen LogP contribution is -2.52. The third-order valence-corrected chi connectivity index (χ3v) is 8.04. The van der Waals surface area contributed by atoms with Gasteiger partial charge in [0, 0.05) is 23.9 Å². The highest BCUT2D eigenvalue weighted by molar-refractivity contribution is 5.94. The van der Waals surface area contributed by atoms with Crippen LogP contribution in [0.5, 0.6) is 5.75 Å². The number of H-pyrrole nitrogens is 1. The zero-order valence-electron chi connectivity index (χ0n) is 22.0. The second-order valence-electron chi connectivity index (χ2n) is 10.2. The molecule has 206 valence electrons. The van der Waals surface area contributed by atoms with Gasteiger partial charge in [0.2, 0.25) is 16.3 Å². The number of rotatable bonds is 4. The van der Waals surface area contributed by atoms with Crippen molar-refractivity contribution in [3.8, 4) is 5.75 Å². The van der Waals surface area contributed by atoms with E-state index in [1.54, 1.807) is 37.3 Å². The van der Waals surface area contributed by atoms with Gasteiger partial charge in [-0.25, -0.2) is 0 Å². The molecule has 2 aromatic rings. The maximum absolute atomic E-state index is 13.7. The van der Waals surface area contributed by atoms with Crippen molar-refractivity contribution in [2.75, 3.05) is 11.9 Å². The van der Waals surface area contributed by atoms with Crippen LogP contribution in [-0.2, 0) is 11.8 Å². The maximum atomic E-state index is 13.7. The largest absolute Gasteiger partial charge is 0.510 e. The van der Waals surface area contributed by atoms with Gasteiger partial charge in [-0.2, -0.15) is 0 Å². The van der Waals surface area contributed by atoms with E-state index < -0.39 is 70.8 Å². The Hall–Kier alpha value is -5.25. The molecule has 10 nitrogen and oxygen atoms in total. The van der Waals surface area contributed by atoms with Crippen molar-refractivity contribution in [3.05, 3.63) is 125 Å². The normalized spacial score (nSPS) is 18.0. The molecule has 0 fully saturated rings. The molecule has 10 heteroatoms. The molecule has 5 N–H and O–H groups in total. The molecule has 4 aliphatic rings. The third kappa shape index (κ3) is 3.27. The molecule has 1 atom stereocenters. The van der Waals surface area contributed by atoms with E-state index >= 15 is 0 Å². The molecule has 6 rings (SSSR count). The monoisotopic (exact) mass is 552 g/mol. The smallest absolute Gasteiger partial charge is 0.260 e. The molecule has 0 radical (unpaired) electrons. The molecule has 41 heavy (non-hydrogen) atoms. The minimum atomic E-state index is -1.92. The molecular formula is C31H24N2O8. The zero-order chi connectivity index (χ0) is 29.4. The molecule has 1 unspecified atom stereocenters. The highest BCUT2D eigenvalue weighted by atomic mass is 16.3. The number of aryl methyl sites for hydroxylation is 1. The number of aromatic amines is 1. The number of aliphatic hydroxyl groups excluding tert-OH is 2. The topological polar surface area (TPSA) is 174 Å². The zero-order valence-corrected chi connectivity index (χ0v) is 22.0. The van der Waals surface area contributed by atoms with Crippen LogP contribution in [0.15, 0.2) is 60.4 Å². The van der Waals surface area contributed by atoms with E-state index in [-0.39, 0.29) is 36.0 Å². The summed E-state index contributed by atoms with van der Waals surface area (Å²) in [5.41, 5.74) is -5.61. The SMILES string of the molecule is CC=CC=Cc1cc2cc3c(c(O)c2c(=O)[nH]1)C1(CC3)C(O)=c2c(=O)c3c(=O)cc(NCC)c(=O)c=3c(=O)c2=C1O. The Balaban J connectivity index is 1.73. The summed E-state index contributed by atoms with van der Waals surface area (Å²) in [6.07, 6.45) is 7.19. The Morgan fingerprint density at radius 1 is 0.902 bits per heavy atom. The fourth-order valence-electron chi connectivity index (χ4n) is 6.32. The van der Waals surface area contributed by atoms with E-state index in [1.807, 2.05) is 13.0 Å². The van der Waals surface area contributed by atoms with Gasteiger partial charge in [-0.15, -0.1) is 0 Å². The lowest BCUT2D eigenvalue weighted by molar-refractivity contribution is 0.362. The van der Waals surface area contributed by atoms with Gasteiger partial charge in [-0.05, 0) is 49.8 Å². The summed E-state index contributed by atoms with van der Waals surface area (Å²) in [6, 6.07) is 4.26. The van der Waals surface area contributed by atoms with E-state index in [0.717, 1.165) is 6.07 Å². The van der Waals surface area contributed by atoms with Crippen LogP contribution in [0.2, 0.25) is 0 Å². The Labute approximate surface area is 229 Å². The second-order valence-corrected chi connectivity index (χ2v) is 10.2. The third-order valence-electron chi connectivity index (χ3n) is 8.04. The van der Waals surface area contributed by atoms with Crippen molar-refractivity contribution in [2.24, 2.45) is 0 Å². The standard InChI is InChI=1S/C31H24N2O8/c1-3-5-6-7-15-11-14-10-13-8-9-31(23(13)27(38)18(14)30(41)33-15)28(39)21-22(29(31)40)26(37)20-19(25(21)36)17(34)12-16(24(20)35)32-4-2/h3,5-7,10-12,32,38-40H,4,8-9H2,1-2H3,(H,33,41). The van der Waals surface area contributed by atoms with Crippen LogP contribution in [0, 0.1) is 10.4 Å². The summed E-state index contributed by atoms with van der Waals surface area (Å²) in [6.45, 7) is 3.80. The van der Waals surface area contributed by atoms with Gasteiger partial charge in [0.25, 0.3) is 5.56 Å². The van der Waals surface area contributed by atoms with Gasteiger partial charge in [0.1, 0.15) is 22.7 Å². The quantitative estimate of drug-likeness (QED) is 0.226. The van der Waals surface area contributed by atoms with Gasteiger partial charge < -0.3 is 25.6 Å². The number of pyridine rings is 1. The van der Waals surface area contributed by atoms with E-state index in [0.29, 0.717) is 16.6 Å². The molecule has 0 bridgehead atoms. The summed E-state index contributed by atoms with van der Waals surface area (Å²) in [4.78, 5) is 69.0. The fourth-order valence-corrected chi connectivity index (χ4v) is 6.32. The molecule has 0 aliphatic heterocycles. The number of aromatic hydroxyl groups is 1. The average molecular weight is 553 g/mol. The number of anilines is 1. The summed E-state index contributed by atoms with van der Waals surface area (Å²) < 4.78 is 0. The lowest BCUT2D eigenvalue weighted by Gasteiger charge is -2.27. The van der Waals surface area contributed by atoms with Crippen LogP contribution >= 0.6 is 0 Å². The summed E-state index contributed by atoms with van der Waals surface area (Å²) in [7, 11) is 0. The number of fused-ring (bicyclic) bond motifs is 4. The summed E-state index contributed by atoms with van der Waals surface area (Å²) in [5, 5.41) is 35.0.